The Labute approximate surface area is 138 Å². The van der Waals surface area contributed by atoms with Gasteiger partial charge < -0.3 is 14.7 Å². The number of aliphatic carboxylic acids is 1. The van der Waals surface area contributed by atoms with Gasteiger partial charge in [0.25, 0.3) is 0 Å². The van der Waals surface area contributed by atoms with E-state index in [-0.39, 0.29) is 25.1 Å². The second-order valence-electron chi connectivity index (χ2n) is 5.39. The summed E-state index contributed by atoms with van der Waals surface area (Å²) in [5.74, 6) is -2.42. The van der Waals surface area contributed by atoms with Crippen molar-refractivity contribution in [1.82, 2.24) is 4.90 Å². The van der Waals surface area contributed by atoms with Crippen LogP contribution in [0.3, 0.4) is 0 Å². The van der Waals surface area contributed by atoms with E-state index < -0.39 is 36.1 Å². The van der Waals surface area contributed by atoms with Crippen LogP contribution in [0.25, 0.3) is 0 Å². The second kappa shape index (κ2) is 8.68. The molecule has 1 amide bonds. The van der Waals surface area contributed by atoms with Gasteiger partial charge >= 0.3 is 12.1 Å². The third kappa shape index (κ3) is 5.84. The standard InChI is InChI=1S/C16H20F3NO4/c1-11(12-5-3-4-6-13(12)16(17,18)19)9-14(21)20(7-8-24-2)10-15(22)23/h3-6,11H,7-10H2,1-2H3,(H,22,23). The molecule has 1 unspecified atom stereocenters. The lowest BCUT2D eigenvalue weighted by atomic mass is 9.92. The van der Waals surface area contributed by atoms with Crippen molar-refractivity contribution in [2.75, 3.05) is 26.8 Å². The number of rotatable bonds is 8. The number of carboxylic acids is 1. The lowest BCUT2D eigenvalue weighted by Gasteiger charge is -2.23. The molecule has 0 spiro atoms. The van der Waals surface area contributed by atoms with Crippen LogP contribution >= 0.6 is 0 Å². The van der Waals surface area contributed by atoms with Crippen molar-refractivity contribution in [1.29, 1.82) is 0 Å². The molecule has 0 aliphatic rings. The Bertz CT molecular complexity index is 575. The van der Waals surface area contributed by atoms with Gasteiger partial charge in [0.1, 0.15) is 6.54 Å². The number of amides is 1. The number of methoxy groups -OCH3 is 1. The summed E-state index contributed by atoms with van der Waals surface area (Å²) in [6, 6.07) is 5.06. The second-order valence-corrected chi connectivity index (χ2v) is 5.39. The maximum absolute atomic E-state index is 13.1. The number of carboxylic acid groups (broad SMARTS) is 1. The molecule has 0 fully saturated rings. The minimum absolute atomic E-state index is 0.0142. The van der Waals surface area contributed by atoms with Crippen LogP contribution in [0, 0.1) is 0 Å². The Hall–Kier alpha value is -2.09. The fraction of sp³-hybridized carbons (Fsp3) is 0.500. The van der Waals surface area contributed by atoms with E-state index in [0.717, 1.165) is 11.0 Å². The van der Waals surface area contributed by atoms with Crippen LogP contribution in [0.15, 0.2) is 24.3 Å². The Morgan fingerprint density at radius 1 is 1.29 bits per heavy atom. The molecule has 0 heterocycles. The van der Waals surface area contributed by atoms with Gasteiger partial charge in [-0.2, -0.15) is 13.2 Å². The van der Waals surface area contributed by atoms with Crippen molar-refractivity contribution in [3.63, 3.8) is 0 Å². The molecular formula is C16H20F3NO4. The minimum atomic E-state index is -4.51. The highest BCUT2D eigenvalue weighted by Crippen LogP contribution is 2.36. The van der Waals surface area contributed by atoms with Gasteiger partial charge in [0.15, 0.2) is 0 Å². The molecule has 1 aromatic carbocycles. The van der Waals surface area contributed by atoms with E-state index in [4.69, 9.17) is 9.84 Å². The van der Waals surface area contributed by atoms with Gasteiger partial charge in [-0.05, 0) is 17.5 Å². The van der Waals surface area contributed by atoms with Crippen molar-refractivity contribution in [2.45, 2.75) is 25.4 Å². The molecular weight excluding hydrogens is 327 g/mol. The number of carbonyl (C=O) groups excluding carboxylic acids is 1. The highest BCUT2D eigenvalue weighted by atomic mass is 19.4. The Morgan fingerprint density at radius 3 is 2.46 bits per heavy atom. The first kappa shape index (κ1) is 20.0. The van der Waals surface area contributed by atoms with Crippen molar-refractivity contribution in [2.24, 2.45) is 0 Å². The maximum Gasteiger partial charge on any atom is 0.416 e. The van der Waals surface area contributed by atoms with Crippen LogP contribution in [0.4, 0.5) is 13.2 Å². The molecule has 24 heavy (non-hydrogen) atoms. The van der Waals surface area contributed by atoms with E-state index >= 15 is 0 Å². The van der Waals surface area contributed by atoms with Gasteiger partial charge in [0, 0.05) is 20.1 Å². The van der Waals surface area contributed by atoms with Gasteiger partial charge in [-0.25, -0.2) is 0 Å². The van der Waals surface area contributed by atoms with Crippen LogP contribution < -0.4 is 0 Å². The summed E-state index contributed by atoms with van der Waals surface area (Å²) in [6.07, 6.45) is -4.73. The summed E-state index contributed by atoms with van der Waals surface area (Å²) < 4.78 is 44.0. The smallest absolute Gasteiger partial charge is 0.416 e. The maximum atomic E-state index is 13.1. The zero-order valence-corrected chi connectivity index (χ0v) is 13.5. The number of carbonyl (C=O) groups is 2. The number of ether oxygens (including phenoxy) is 1. The number of hydrogen-bond donors (Lipinski definition) is 1. The molecule has 0 aliphatic carbocycles. The molecule has 5 nitrogen and oxygen atoms in total. The first-order valence-corrected chi connectivity index (χ1v) is 7.31. The predicted octanol–water partition coefficient (Wildman–Crippen LogP) is 2.76. The van der Waals surface area contributed by atoms with Crippen molar-refractivity contribution < 1.29 is 32.6 Å². The fourth-order valence-electron chi connectivity index (χ4n) is 2.34. The molecule has 134 valence electrons. The van der Waals surface area contributed by atoms with E-state index in [9.17, 15) is 22.8 Å². The Morgan fingerprint density at radius 2 is 1.92 bits per heavy atom. The first-order chi connectivity index (χ1) is 11.2. The SMILES string of the molecule is COCCN(CC(=O)O)C(=O)CC(C)c1ccccc1C(F)(F)F. The number of alkyl halides is 3. The molecule has 0 saturated heterocycles. The average Bonchev–Trinajstić information content (AvgIpc) is 2.50. The van der Waals surface area contributed by atoms with Crippen LogP contribution in [-0.4, -0.2) is 48.7 Å². The monoisotopic (exact) mass is 347 g/mol. The minimum Gasteiger partial charge on any atom is -0.480 e. The lowest BCUT2D eigenvalue weighted by molar-refractivity contribution is -0.145. The molecule has 1 rings (SSSR count). The zero-order chi connectivity index (χ0) is 18.3. The largest absolute Gasteiger partial charge is 0.480 e. The summed E-state index contributed by atoms with van der Waals surface area (Å²) in [6.45, 7) is 1.20. The quantitative estimate of drug-likeness (QED) is 0.785. The van der Waals surface area contributed by atoms with E-state index in [1.165, 1.54) is 32.2 Å². The van der Waals surface area contributed by atoms with Gasteiger partial charge in [-0.15, -0.1) is 0 Å². The van der Waals surface area contributed by atoms with Gasteiger partial charge in [0.2, 0.25) is 5.91 Å². The number of halogens is 3. The molecule has 0 aliphatic heterocycles. The third-order valence-corrected chi connectivity index (χ3v) is 3.52. The van der Waals surface area contributed by atoms with E-state index in [2.05, 4.69) is 0 Å². The number of benzene rings is 1. The normalized spacial score (nSPS) is 12.7. The van der Waals surface area contributed by atoms with E-state index in [1.807, 2.05) is 0 Å². The van der Waals surface area contributed by atoms with E-state index in [0.29, 0.717) is 0 Å². The van der Waals surface area contributed by atoms with Gasteiger partial charge in [-0.1, -0.05) is 25.1 Å². The van der Waals surface area contributed by atoms with Crippen LogP contribution in [0.5, 0.6) is 0 Å². The topological polar surface area (TPSA) is 66.8 Å². The lowest BCUT2D eigenvalue weighted by Crippen LogP contribution is -2.38. The molecule has 0 saturated carbocycles. The fourth-order valence-corrected chi connectivity index (χ4v) is 2.34. The predicted molar refractivity (Wildman–Crippen MR) is 80.6 cm³/mol. The molecule has 0 aromatic heterocycles. The number of nitrogens with zero attached hydrogens (tertiary/aromatic N) is 1. The highest BCUT2D eigenvalue weighted by Gasteiger charge is 2.34. The van der Waals surface area contributed by atoms with Gasteiger partial charge in [0.05, 0.1) is 12.2 Å². The average molecular weight is 347 g/mol. The van der Waals surface area contributed by atoms with Crippen molar-refractivity contribution in [3.8, 4) is 0 Å². The molecule has 1 atom stereocenters. The summed E-state index contributed by atoms with van der Waals surface area (Å²) in [4.78, 5) is 24.2. The van der Waals surface area contributed by atoms with Gasteiger partial charge in [-0.3, -0.25) is 9.59 Å². The molecule has 1 aromatic rings. The van der Waals surface area contributed by atoms with Crippen LogP contribution in [-0.2, 0) is 20.5 Å². The summed E-state index contributed by atoms with van der Waals surface area (Å²) in [5.41, 5.74) is -0.771. The highest BCUT2D eigenvalue weighted by molar-refractivity contribution is 5.82. The number of hydrogen-bond acceptors (Lipinski definition) is 3. The van der Waals surface area contributed by atoms with Crippen molar-refractivity contribution >= 4 is 11.9 Å². The van der Waals surface area contributed by atoms with Crippen LogP contribution in [0.1, 0.15) is 30.4 Å². The van der Waals surface area contributed by atoms with Crippen molar-refractivity contribution in [3.05, 3.63) is 35.4 Å². The zero-order valence-electron chi connectivity index (χ0n) is 13.5. The summed E-state index contributed by atoms with van der Waals surface area (Å²) in [5, 5.41) is 8.85. The van der Waals surface area contributed by atoms with E-state index in [1.54, 1.807) is 0 Å². The molecule has 8 heteroatoms. The molecule has 0 bridgehead atoms. The first-order valence-electron chi connectivity index (χ1n) is 7.31. The molecule has 1 N–H and O–H groups in total. The summed E-state index contributed by atoms with van der Waals surface area (Å²) in [7, 11) is 1.41. The Balaban J connectivity index is 2.90. The Kier molecular flexibility index (Phi) is 7.21. The summed E-state index contributed by atoms with van der Waals surface area (Å²) >= 11 is 0. The van der Waals surface area contributed by atoms with Crippen LogP contribution in [0.2, 0.25) is 0 Å². The molecule has 0 radical (unpaired) electrons. The third-order valence-electron chi connectivity index (χ3n) is 3.52.